The van der Waals surface area contributed by atoms with Crippen LogP contribution in [0.15, 0.2) is 35.1 Å². The summed E-state index contributed by atoms with van der Waals surface area (Å²) in [6.07, 6.45) is -2.29. The predicted octanol–water partition coefficient (Wildman–Crippen LogP) is 4.92. The topological polar surface area (TPSA) is 43.1 Å². The number of carbonyl (C=O) groups is 1. The van der Waals surface area contributed by atoms with Gasteiger partial charge in [-0.2, -0.15) is 13.2 Å². The van der Waals surface area contributed by atoms with Crippen LogP contribution in [0.25, 0.3) is 11.0 Å². The number of halogens is 4. The highest BCUT2D eigenvalue weighted by molar-refractivity contribution is 7.11. The largest absolute Gasteiger partial charge is 0.464 e. The second-order valence-electron chi connectivity index (χ2n) is 4.91. The SMILES string of the molecule is O=C(Cc1ncc(C(F)(F)F)s1)Cc1coc2cc(Cl)ccc12. The molecule has 0 N–H and O–H groups in total. The molecule has 0 aliphatic heterocycles. The van der Waals surface area contributed by atoms with Gasteiger partial charge in [-0.05, 0) is 18.2 Å². The summed E-state index contributed by atoms with van der Waals surface area (Å²) in [5.41, 5.74) is 1.24. The van der Waals surface area contributed by atoms with Gasteiger partial charge in [-0.1, -0.05) is 11.6 Å². The minimum absolute atomic E-state index is 0.0650. The Balaban J connectivity index is 1.72. The number of furan rings is 1. The summed E-state index contributed by atoms with van der Waals surface area (Å²) in [6, 6.07) is 5.07. The molecule has 0 saturated carbocycles. The molecule has 23 heavy (non-hydrogen) atoms. The van der Waals surface area contributed by atoms with Crippen LogP contribution in [0.2, 0.25) is 5.02 Å². The molecule has 2 heterocycles. The van der Waals surface area contributed by atoms with Gasteiger partial charge in [-0.25, -0.2) is 4.98 Å². The highest BCUT2D eigenvalue weighted by atomic mass is 35.5. The van der Waals surface area contributed by atoms with E-state index in [0.717, 1.165) is 11.6 Å². The van der Waals surface area contributed by atoms with E-state index in [2.05, 4.69) is 4.98 Å². The van der Waals surface area contributed by atoms with E-state index in [0.29, 0.717) is 27.5 Å². The molecule has 0 spiro atoms. The van der Waals surface area contributed by atoms with E-state index in [1.54, 1.807) is 18.2 Å². The number of thiazole rings is 1. The number of aromatic nitrogens is 1. The minimum Gasteiger partial charge on any atom is -0.464 e. The van der Waals surface area contributed by atoms with Crippen molar-refractivity contribution in [2.75, 3.05) is 0 Å². The van der Waals surface area contributed by atoms with Crippen molar-refractivity contribution in [1.82, 2.24) is 4.98 Å². The van der Waals surface area contributed by atoms with Gasteiger partial charge in [0.1, 0.15) is 21.3 Å². The summed E-state index contributed by atoms with van der Waals surface area (Å²) >= 11 is 6.34. The third-order valence-electron chi connectivity index (χ3n) is 3.19. The molecule has 0 aliphatic rings. The first-order valence-electron chi connectivity index (χ1n) is 6.52. The van der Waals surface area contributed by atoms with Crippen molar-refractivity contribution in [1.29, 1.82) is 0 Å². The zero-order valence-electron chi connectivity index (χ0n) is 11.5. The van der Waals surface area contributed by atoms with E-state index in [1.807, 2.05) is 0 Å². The molecule has 0 amide bonds. The van der Waals surface area contributed by atoms with Crippen LogP contribution < -0.4 is 0 Å². The van der Waals surface area contributed by atoms with Crippen molar-refractivity contribution >= 4 is 39.7 Å². The molecule has 3 aromatic rings. The molecule has 0 radical (unpaired) electrons. The van der Waals surface area contributed by atoms with Gasteiger partial charge >= 0.3 is 6.18 Å². The number of benzene rings is 1. The number of rotatable bonds is 4. The highest BCUT2D eigenvalue weighted by Gasteiger charge is 2.33. The normalized spacial score (nSPS) is 12.0. The van der Waals surface area contributed by atoms with Crippen LogP contribution in [0.4, 0.5) is 13.2 Å². The Bertz CT molecular complexity index is 869. The third-order valence-corrected chi connectivity index (χ3v) is 4.46. The number of ketones is 1. The second kappa shape index (κ2) is 5.98. The Morgan fingerprint density at radius 2 is 2.09 bits per heavy atom. The van der Waals surface area contributed by atoms with E-state index >= 15 is 0 Å². The van der Waals surface area contributed by atoms with Crippen LogP contribution in [0, 0.1) is 0 Å². The monoisotopic (exact) mass is 359 g/mol. The lowest BCUT2D eigenvalue weighted by molar-refractivity contribution is -0.134. The predicted molar refractivity (Wildman–Crippen MR) is 80.8 cm³/mol. The Morgan fingerprint density at radius 3 is 2.78 bits per heavy atom. The number of hydrogen-bond acceptors (Lipinski definition) is 4. The number of carbonyl (C=O) groups excluding carboxylic acids is 1. The molecule has 8 heteroatoms. The molecule has 2 aromatic heterocycles. The average molecular weight is 360 g/mol. The van der Waals surface area contributed by atoms with Crippen LogP contribution in [0.5, 0.6) is 0 Å². The maximum atomic E-state index is 12.5. The van der Waals surface area contributed by atoms with Crippen LogP contribution >= 0.6 is 22.9 Å². The fraction of sp³-hybridized carbons (Fsp3) is 0.200. The molecule has 0 aliphatic carbocycles. The number of alkyl halides is 3. The van der Waals surface area contributed by atoms with Crippen LogP contribution in [-0.4, -0.2) is 10.8 Å². The van der Waals surface area contributed by atoms with Crippen molar-refractivity contribution in [2.45, 2.75) is 19.0 Å². The molecular weight excluding hydrogens is 351 g/mol. The fourth-order valence-electron chi connectivity index (χ4n) is 2.16. The van der Waals surface area contributed by atoms with Crippen molar-refractivity contribution in [3.05, 3.63) is 51.1 Å². The number of fused-ring (bicyclic) bond motifs is 1. The Hall–Kier alpha value is -1.86. The lowest BCUT2D eigenvalue weighted by Crippen LogP contribution is -2.05. The summed E-state index contributed by atoms with van der Waals surface area (Å²) in [5, 5.41) is 1.43. The van der Waals surface area contributed by atoms with Crippen molar-refractivity contribution in [3.63, 3.8) is 0 Å². The number of hydrogen-bond donors (Lipinski definition) is 0. The first-order valence-corrected chi connectivity index (χ1v) is 7.71. The van der Waals surface area contributed by atoms with E-state index in [-0.39, 0.29) is 23.6 Å². The van der Waals surface area contributed by atoms with Gasteiger partial charge in [-0.15, -0.1) is 11.3 Å². The highest BCUT2D eigenvalue weighted by Crippen LogP contribution is 2.33. The summed E-state index contributed by atoms with van der Waals surface area (Å²) < 4.78 is 42.9. The molecule has 120 valence electrons. The van der Waals surface area contributed by atoms with Crippen molar-refractivity contribution in [2.24, 2.45) is 0 Å². The third kappa shape index (κ3) is 3.56. The smallest absolute Gasteiger partial charge is 0.427 e. The minimum atomic E-state index is -4.43. The average Bonchev–Trinajstić information content (AvgIpc) is 3.05. The standard InChI is InChI=1S/C15H9ClF3NO2S/c16-9-1-2-11-8(7-22-12(11)4-9)3-10(21)5-14-20-6-13(23-14)15(17,18)19/h1-2,4,6-7H,3,5H2. The summed E-state index contributed by atoms with van der Waals surface area (Å²) in [7, 11) is 0. The van der Waals surface area contributed by atoms with Gasteiger partial charge < -0.3 is 4.42 Å². The molecule has 0 unspecified atom stereocenters. The number of Topliss-reactive ketones (excluding diaryl/α,β-unsaturated/α-hetero) is 1. The molecule has 1 aromatic carbocycles. The molecule has 0 bridgehead atoms. The Kier molecular flexibility index (Phi) is 4.16. The molecule has 0 fully saturated rings. The van der Waals surface area contributed by atoms with E-state index in [9.17, 15) is 18.0 Å². The first kappa shape index (κ1) is 16.0. The van der Waals surface area contributed by atoms with E-state index < -0.39 is 11.1 Å². The Labute approximate surface area is 137 Å². The van der Waals surface area contributed by atoms with E-state index in [4.69, 9.17) is 16.0 Å². The van der Waals surface area contributed by atoms with Crippen molar-refractivity contribution < 1.29 is 22.4 Å². The Morgan fingerprint density at radius 1 is 1.30 bits per heavy atom. The van der Waals surface area contributed by atoms with Crippen LogP contribution in [0.3, 0.4) is 0 Å². The van der Waals surface area contributed by atoms with Crippen LogP contribution in [0.1, 0.15) is 15.4 Å². The summed E-state index contributed by atoms with van der Waals surface area (Å²) in [5.74, 6) is -0.231. The maximum Gasteiger partial charge on any atom is 0.427 e. The van der Waals surface area contributed by atoms with Gasteiger partial charge in [0.15, 0.2) is 0 Å². The van der Waals surface area contributed by atoms with Crippen molar-refractivity contribution in [3.8, 4) is 0 Å². The molecule has 0 saturated heterocycles. The second-order valence-corrected chi connectivity index (χ2v) is 6.46. The van der Waals surface area contributed by atoms with E-state index in [1.165, 1.54) is 6.26 Å². The number of nitrogens with zero attached hydrogens (tertiary/aromatic N) is 1. The van der Waals surface area contributed by atoms with Gasteiger partial charge in [-0.3, -0.25) is 4.79 Å². The summed E-state index contributed by atoms with van der Waals surface area (Å²) in [4.78, 5) is 14.9. The zero-order valence-corrected chi connectivity index (χ0v) is 13.1. The molecular formula is C15H9ClF3NO2S. The quantitative estimate of drug-likeness (QED) is 0.664. The fourth-order valence-corrected chi connectivity index (χ4v) is 3.14. The van der Waals surface area contributed by atoms with Gasteiger partial charge in [0.05, 0.1) is 18.9 Å². The molecule has 3 nitrogen and oxygen atoms in total. The van der Waals surface area contributed by atoms with Gasteiger partial charge in [0, 0.05) is 22.4 Å². The maximum absolute atomic E-state index is 12.5. The first-order chi connectivity index (χ1) is 10.8. The lowest BCUT2D eigenvalue weighted by Gasteiger charge is -2.00. The zero-order chi connectivity index (χ0) is 16.6. The van der Waals surface area contributed by atoms with Gasteiger partial charge in [0.2, 0.25) is 0 Å². The lowest BCUT2D eigenvalue weighted by atomic mass is 10.1. The molecule has 0 atom stereocenters. The van der Waals surface area contributed by atoms with Crippen LogP contribution in [-0.2, 0) is 23.8 Å². The van der Waals surface area contributed by atoms with Gasteiger partial charge in [0.25, 0.3) is 0 Å². The summed E-state index contributed by atoms with van der Waals surface area (Å²) in [6.45, 7) is 0. The molecule has 3 rings (SSSR count).